The van der Waals surface area contributed by atoms with Gasteiger partial charge >= 0.3 is 0 Å². The number of amides is 1. The number of carbonyl (C=O) groups is 1. The Morgan fingerprint density at radius 1 is 1.24 bits per heavy atom. The van der Waals surface area contributed by atoms with Crippen molar-refractivity contribution in [3.63, 3.8) is 0 Å². The molecule has 0 unspecified atom stereocenters. The molecule has 0 radical (unpaired) electrons. The summed E-state index contributed by atoms with van der Waals surface area (Å²) in [5.41, 5.74) is 3.28. The molecule has 1 amide bonds. The SMILES string of the molecule is Cc1ccc(C)c2sc(NC(=O)/C=C/c3cccs3)nc12. The van der Waals surface area contributed by atoms with Crippen LogP contribution in [-0.2, 0) is 4.79 Å². The number of aryl methyl sites for hydroxylation is 2. The molecule has 0 saturated carbocycles. The summed E-state index contributed by atoms with van der Waals surface area (Å²) in [4.78, 5) is 17.5. The van der Waals surface area contributed by atoms with Crippen LogP contribution in [0.1, 0.15) is 16.0 Å². The van der Waals surface area contributed by atoms with E-state index in [2.05, 4.69) is 29.4 Å². The second kappa shape index (κ2) is 5.79. The fourth-order valence-electron chi connectivity index (χ4n) is 2.00. The number of hydrogen-bond acceptors (Lipinski definition) is 4. The lowest BCUT2D eigenvalue weighted by molar-refractivity contribution is -0.111. The van der Waals surface area contributed by atoms with Crippen LogP contribution in [0.5, 0.6) is 0 Å². The molecule has 21 heavy (non-hydrogen) atoms. The Kier molecular flexibility index (Phi) is 3.86. The molecule has 5 heteroatoms. The number of thiazole rings is 1. The molecule has 1 aromatic carbocycles. The van der Waals surface area contributed by atoms with Crippen LogP contribution in [-0.4, -0.2) is 10.9 Å². The van der Waals surface area contributed by atoms with Gasteiger partial charge < -0.3 is 0 Å². The topological polar surface area (TPSA) is 42.0 Å². The monoisotopic (exact) mass is 314 g/mol. The maximum absolute atomic E-state index is 11.9. The minimum Gasteiger partial charge on any atom is -0.298 e. The first-order chi connectivity index (χ1) is 10.1. The summed E-state index contributed by atoms with van der Waals surface area (Å²) < 4.78 is 1.13. The molecule has 0 bridgehead atoms. The maximum atomic E-state index is 11.9. The molecule has 0 fully saturated rings. The van der Waals surface area contributed by atoms with Gasteiger partial charge in [0.15, 0.2) is 5.13 Å². The fourth-order valence-corrected chi connectivity index (χ4v) is 3.64. The van der Waals surface area contributed by atoms with Crippen LogP contribution in [0.3, 0.4) is 0 Å². The molecule has 0 spiro atoms. The Hall–Kier alpha value is -1.98. The average molecular weight is 314 g/mol. The highest BCUT2D eigenvalue weighted by Crippen LogP contribution is 2.30. The molecule has 0 aliphatic heterocycles. The van der Waals surface area contributed by atoms with Crippen LogP contribution in [0.4, 0.5) is 5.13 Å². The maximum Gasteiger partial charge on any atom is 0.250 e. The summed E-state index contributed by atoms with van der Waals surface area (Å²) in [7, 11) is 0. The van der Waals surface area contributed by atoms with E-state index in [1.807, 2.05) is 30.5 Å². The van der Waals surface area contributed by atoms with Gasteiger partial charge in [-0.25, -0.2) is 4.98 Å². The third kappa shape index (κ3) is 3.04. The second-order valence-corrected chi connectivity index (χ2v) is 6.71. The van der Waals surface area contributed by atoms with Crippen LogP contribution in [0.25, 0.3) is 16.3 Å². The van der Waals surface area contributed by atoms with E-state index in [-0.39, 0.29) is 5.91 Å². The standard InChI is InChI=1S/C16H14N2OS2/c1-10-5-6-11(2)15-14(10)18-16(21-15)17-13(19)8-7-12-4-3-9-20-12/h3-9H,1-2H3,(H,17,18,19)/b8-7+. The summed E-state index contributed by atoms with van der Waals surface area (Å²) in [6, 6.07) is 8.07. The first-order valence-corrected chi connectivity index (χ1v) is 8.22. The highest BCUT2D eigenvalue weighted by Gasteiger charge is 2.09. The molecule has 1 N–H and O–H groups in total. The number of rotatable bonds is 3. The van der Waals surface area contributed by atoms with Gasteiger partial charge in [-0.3, -0.25) is 10.1 Å². The van der Waals surface area contributed by atoms with Crippen LogP contribution in [0, 0.1) is 13.8 Å². The number of aromatic nitrogens is 1. The first kappa shape index (κ1) is 14.0. The van der Waals surface area contributed by atoms with Crippen LogP contribution in [0.2, 0.25) is 0 Å². The van der Waals surface area contributed by atoms with E-state index in [9.17, 15) is 4.79 Å². The van der Waals surface area contributed by atoms with E-state index >= 15 is 0 Å². The third-order valence-electron chi connectivity index (χ3n) is 3.11. The number of thiophene rings is 1. The molecule has 106 valence electrons. The number of nitrogens with one attached hydrogen (secondary N) is 1. The normalized spacial score (nSPS) is 11.3. The molecule has 0 aliphatic rings. The number of anilines is 1. The van der Waals surface area contributed by atoms with Crippen LogP contribution >= 0.6 is 22.7 Å². The van der Waals surface area contributed by atoms with Crippen molar-refractivity contribution in [2.24, 2.45) is 0 Å². The van der Waals surface area contributed by atoms with Crippen molar-refractivity contribution < 1.29 is 4.79 Å². The Bertz CT molecular complexity index is 777. The Balaban J connectivity index is 1.80. The van der Waals surface area contributed by atoms with Gasteiger partial charge in [0.25, 0.3) is 0 Å². The molecular formula is C16H14N2OS2. The number of fused-ring (bicyclic) bond motifs is 1. The zero-order valence-electron chi connectivity index (χ0n) is 11.7. The number of carbonyl (C=O) groups excluding carboxylic acids is 1. The minimum absolute atomic E-state index is 0.155. The van der Waals surface area contributed by atoms with Crippen molar-refractivity contribution >= 4 is 50.0 Å². The highest BCUT2D eigenvalue weighted by molar-refractivity contribution is 7.22. The smallest absolute Gasteiger partial charge is 0.250 e. The van der Waals surface area contributed by atoms with E-state index in [1.165, 1.54) is 23.0 Å². The predicted octanol–water partition coefficient (Wildman–Crippen LogP) is 4.63. The van der Waals surface area contributed by atoms with Crippen molar-refractivity contribution in [1.82, 2.24) is 4.98 Å². The van der Waals surface area contributed by atoms with Gasteiger partial charge in [-0.1, -0.05) is 29.5 Å². The summed E-state index contributed by atoms with van der Waals surface area (Å²) in [5, 5.41) is 5.46. The van der Waals surface area contributed by atoms with Gasteiger partial charge in [0, 0.05) is 11.0 Å². The minimum atomic E-state index is -0.155. The Labute approximate surface area is 131 Å². The molecule has 3 aromatic rings. The summed E-state index contributed by atoms with van der Waals surface area (Å²) in [6.45, 7) is 4.09. The number of benzene rings is 1. The Morgan fingerprint density at radius 3 is 2.76 bits per heavy atom. The number of hydrogen-bond donors (Lipinski definition) is 1. The predicted molar refractivity (Wildman–Crippen MR) is 91.1 cm³/mol. The lowest BCUT2D eigenvalue weighted by Crippen LogP contribution is -2.07. The zero-order valence-corrected chi connectivity index (χ0v) is 13.3. The number of nitrogens with zero attached hydrogens (tertiary/aromatic N) is 1. The van der Waals surface area contributed by atoms with Crippen LogP contribution < -0.4 is 5.32 Å². The molecule has 3 rings (SSSR count). The quantitative estimate of drug-likeness (QED) is 0.716. The van der Waals surface area contributed by atoms with Gasteiger partial charge in [0.2, 0.25) is 5.91 Å². The van der Waals surface area contributed by atoms with Crippen molar-refractivity contribution in [3.05, 3.63) is 51.7 Å². The van der Waals surface area contributed by atoms with E-state index in [4.69, 9.17) is 0 Å². The fraction of sp³-hybridized carbons (Fsp3) is 0.125. The molecule has 2 aromatic heterocycles. The van der Waals surface area contributed by atoms with Crippen LogP contribution in [0.15, 0.2) is 35.7 Å². The molecule has 0 saturated heterocycles. The van der Waals surface area contributed by atoms with E-state index in [1.54, 1.807) is 11.3 Å². The molecular weight excluding hydrogens is 300 g/mol. The lowest BCUT2D eigenvalue weighted by Gasteiger charge is -1.96. The zero-order chi connectivity index (χ0) is 14.8. The molecule has 0 atom stereocenters. The van der Waals surface area contributed by atoms with E-state index in [0.717, 1.165) is 20.7 Å². The van der Waals surface area contributed by atoms with Gasteiger partial charge in [0.1, 0.15) is 0 Å². The molecule has 0 aliphatic carbocycles. The summed E-state index contributed by atoms with van der Waals surface area (Å²) in [5.74, 6) is -0.155. The van der Waals surface area contributed by atoms with E-state index in [0.29, 0.717) is 5.13 Å². The van der Waals surface area contributed by atoms with Gasteiger partial charge in [-0.2, -0.15) is 0 Å². The van der Waals surface area contributed by atoms with Crippen molar-refractivity contribution in [2.45, 2.75) is 13.8 Å². The van der Waals surface area contributed by atoms with E-state index < -0.39 is 0 Å². The third-order valence-corrected chi connectivity index (χ3v) is 5.06. The van der Waals surface area contributed by atoms with Gasteiger partial charge in [0.05, 0.1) is 10.2 Å². The largest absolute Gasteiger partial charge is 0.298 e. The molecule has 2 heterocycles. The molecule has 3 nitrogen and oxygen atoms in total. The van der Waals surface area contributed by atoms with Gasteiger partial charge in [-0.05, 0) is 42.5 Å². The Morgan fingerprint density at radius 2 is 2.05 bits per heavy atom. The first-order valence-electron chi connectivity index (χ1n) is 6.53. The average Bonchev–Trinajstić information content (AvgIpc) is 3.10. The van der Waals surface area contributed by atoms with Crippen molar-refractivity contribution in [1.29, 1.82) is 0 Å². The summed E-state index contributed by atoms with van der Waals surface area (Å²) in [6.07, 6.45) is 3.35. The summed E-state index contributed by atoms with van der Waals surface area (Å²) >= 11 is 3.11. The second-order valence-electron chi connectivity index (χ2n) is 4.73. The lowest BCUT2D eigenvalue weighted by atomic mass is 10.1. The highest BCUT2D eigenvalue weighted by atomic mass is 32.1. The van der Waals surface area contributed by atoms with Crippen molar-refractivity contribution in [2.75, 3.05) is 5.32 Å². The van der Waals surface area contributed by atoms with Gasteiger partial charge in [-0.15, -0.1) is 11.3 Å². The van der Waals surface area contributed by atoms with Crippen molar-refractivity contribution in [3.8, 4) is 0 Å².